The zero-order valence-electron chi connectivity index (χ0n) is 10.0. The van der Waals surface area contributed by atoms with Crippen LogP contribution in [0.5, 0.6) is 5.75 Å². The Morgan fingerprint density at radius 2 is 2.06 bits per heavy atom. The average Bonchev–Trinajstić information content (AvgIpc) is 2.83. The van der Waals surface area contributed by atoms with Gasteiger partial charge in [-0.15, -0.1) is 11.3 Å². The van der Waals surface area contributed by atoms with Gasteiger partial charge in [-0.05, 0) is 24.6 Å². The minimum Gasteiger partial charge on any atom is -0.496 e. The Balaban J connectivity index is 2.49. The fraction of sp³-hybridized carbons (Fsp3) is 0.231. The molecule has 0 aliphatic heterocycles. The summed E-state index contributed by atoms with van der Waals surface area (Å²) < 4.78 is 32.3. The Labute approximate surface area is 108 Å². The van der Waals surface area contributed by atoms with Crippen LogP contribution >= 0.6 is 11.3 Å². The normalized spacial score (nSPS) is 12.4. The van der Waals surface area contributed by atoms with Crippen molar-refractivity contribution in [3.05, 3.63) is 51.7 Å². The molecule has 0 bridgehead atoms. The van der Waals surface area contributed by atoms with Gasteiger partial charge in [-0.2, -0.15) is 0 Å². The Morgan fingerprint density at radius 1 is 1.28 bits per heavy atom. The number of methoxy groups -OCH3 is 1. The van der Waals surface area contributed by atoms with Gasteiger partial charge in [0.15, 0.2) is 11.6 Å². The van der Waals surface area contributed by atoms with Crippen LogP contribution in [0.2, 0.25) is 0 Å². The highest BCUT2D eigenvalue weighted by molar-refractivity contribution is 7.10. The number of rotatable bonds is 4. The van der Waals surface area contributed by atoms with E-state index in [0.717, 1.165) is 10.9 Å². The highest BCUT2D eigenvalue weighted by atomic mass is 32.1. The lowest BCUT2D eigenvalue weighted by Crippen LogP contribution is -2.19. The molecule has 0 amide bonds. The molecule has 1 aromatic heterocycles. The summed E-state index contributed by atoms with van der Waals surface area (Å²) >= 11 is 1.44. The Bertz CT molecular complexity index is 542. The van der Waals surface area contributed by atoms with E-state index >= 15 is 0 Å². The van der Waals surface area contributed by atoms with E-state index in [1.807, 2.05) is 11.4 Å². The molecule has 0 saturated carbocycles. The molecule has 2 rings (SSSR count). The van der Waals surface area contributed by atoms with E-state index in [4.69, 9.17) is 4.74 Å². The first-order valence-corrected chi connectivity index (χ1v) is 6.29. The molecule has 0 aliphatic rings. The second-order valence-corrected chi connectivity index (χ2v) is 4.67. The van der Waals surface area contributed by atoms with E-state index in [0.29, 0.717) is 5.75 Å². The summed E-state index contributed by atoms with van der Waals surface area (Å²) in [5, 5.41) is 4.84. The fourth-order valence-electron chi connectivity index (χ4n) is 1.86. The van der Waals surface area contributed by atoms with Crippen molar-refractivity contribution >= 4 is 11.3 Å². The van der Waals surface area contributed by atoms with E-state index < -0.39 is 17.7 Å². The second kappa shape index (κ2) is 5.46. The van der Waals surface area contributed by atoms with Gasteiger partial charge in [0.1, 0.15) is 5.75 Å². The van der Waals surface area contributed by atoms with Crippen LogP contribution in [0.4, 0.5) is 8.78 Å². The van der Waals surface area contributed by atoms with Crippen LogP contribution in [0.15, 0.2) is 29.6 Å². The molecule has 0 spiro atoms. The minimum absolute atomic E-state index is 0.276. The second-order valence-electron chi connectivity index (χ2n) is 3.72. The molecule has 1 aromatic carbocycles. The average molecular weight is 269 g/mol. The van der Waals surface area contributed by atoms with Gasteiger partial charge in [0.2, 0.25) is 0 Å². The van der Waals surface area contributed by atoms with Gasteiger partial charge in [0.05, 0.1) is 18.0 Å². The highest BCUT2D eigenvalue weighted by Gasteiger charge is 2.22. The van der Waals surface area contributed by atoms with E-state index in [1.165, 1.54) is 17.4 Å². The Hall–Kier alpha value is -1.46. The molecule has 0 radical (unpaired) electrons. The van der Waals surface area contributed by atoms with E-state index in [1.54, 1.807) is 20.2 Å². The molecule has 1 heterocycles. The first-order chi connectivity index (χ1) is 8.69. The topological polar surface area (TPSA) is 21.3 Å². The smallest absolute Gasteiger partial charge is 0.163 e. The van der Waals surface area contributed by atoms with E-state index in [9.17, 15) is 8.78 Å². The minimum atomic E-state index is -0.844. The molecule has 2 aromatic rings. The van der Waals surface area contributed by atoms with Gasteiger partial charge in [0, 0.05) is 5.56 Å². The predicted molar refractivity (Wildman–Crippen MR) is 68.1 cm³/mol. The number of nitrogens with one attached hydrogen (secondary N) is 1. The molecular formula is C13H13F2NOS. The maximum atomic E-state index is 13.8. The lowest BCUT2D eigenvalue weighted by Gasteiger charge is -2.17. The molecule has 1 atom stereocenters. The van der Waals surface area contributed by atoms with Gasteiger partial charge in [-0.3, -0.25) is 0 Å². The number of thiophene rings is 1. The zero-order chi connectivity index (χ0) is 13.1. The molecule has 1 unspecified atom stereocenters. The molecule has 0 saturated heterocycles. The van der Waals surface area contributed by atoms with Crippen LogP contribution in [-0.2, 0) is 0 Å². The lowest BCUT2D eigenvalue weighted by molar-refractivity contribution is 0.407. The molecule has 96 valence electrons. The third kappa shape index (κ3) is 2.23. The number of halogens is 2. The third-order valence-electron chi connectivity index (χ3n) is 2.72. The monoisotopic (exact) mass is 269 g/mol. The molecule has 0 aliphatic carbocycles. The van der Waals surface area contributed by atoms with Gasteiger partial charge in [0.25, 0.3) is 0 Å². The summed E-state index contributed by atoms with van der Waals surface area (Å²) in [5.74, 6) is -1.00. The zero-order valence-corrected chi connectivity index (χ0v) is 10.9. The Morgan fingerprint density at radius 3 is 2.72 bits per heavy atom. The van der Waals surface area contributed by atoms with Crippen molar-refractivity contribution in [1.29, 1.82) is 0 Å². The first-order valence-electron chi connectivity index (χ1n) is 5.41. The molecule has 2 nitrogen and oxygen atoms in total. The van der Waals surface area contributed by atoms with Crippen LogP contribution in [0.1, 0.15) is 16.5 Å². The van der Waals surface area contributed by atoms with Crippen LogP contribution in [0.25, 0.3) is 0 Å². The van der Waals surface area contributed by atoms with Crippen molar-refractivity contribution in [3.63, 3.8) is 0 Å². The van der Waals surface area contributed by atoms with Crippen molar-refractivity contribution in [2.24, 2.45) is 0 Å². The van der Waals surface area contributed by atoms with Crippen LogP contribution in [0.3, 0.4) is 0 Å². The summed E-state index contributed by atoms with van der Waals surface area (Å²) in [6.07, 6.45) is 0. The van der Waals surface area contributed by atoms with Crippen molar-refractivity contribution < 1.29 is 13.5 Å². The predicted octanol–water partition coefficient (Wildman–Crippen LogP) is 3.34. The largest absolute Gasteiger partial charge is 0.496 e. The van der Waals surface area contributed by atoms with E-state index in [-0.39, 0.29) is 5.56 Å². The first kappa shape index (κ1) is 13.0. The third-order valence-corrected chi connectivity index (χ3v) is 3.68. The fourth-order valence-corrected chi connectivity index (χ4v) is 2.85. The van der Waals surface area contributed by atoms with Crippen molar-refractivity contribution in [3.8, 4) is 5.75 Å². The quantitative estimate of drug-likeness (QED) is 0.919. The summed E-state index contributed by atoms with van der Waals surface area (Å²) in [6, 6.07) is 5.56. The standard InChI is InChI=1S/C13H13F2NOS/c1-16-12(13-10(17-2)6-7-18-13)8-4-3-5-9(14)11(8)15/h3-7,12,16H,1-2H3. The highest BCUT2D eigenvalue weighted by Crippen LogP contribution is 2.35. The van der Waals surface area contributed by atoms with Crippen molar-refractivity contribution in [2.45, 2.75) is 6.04 Å². The summed E-state index contributed by atoms with van der Waals surface area (Å²) in [5.41, 5.74) is 0.276. The number of hydrogen-bond donors (Lipinski definition) is 1. The molecule has 18 heavy (non-hydrogen) atoms. The van der Waals surface area contributed by atoms with Crippen molar-refractivity contribution in [1.82, 2.24) is 5.32 Å². The number of hydrogen-bond acceptors (Lipinski definition) is 3. The van der Waals surface area contributed by atoms with Gasteiger partial charge < -0.3 is 10.1 Å². The molecule has 1 N–H and O–H groups in total. The maximum Gasteiger partial charge on any atom is 0.163 e. The van der Waals surface area contributed by atoms with E-state index in [2.05, 4.69) is 5.32 Å². The van der Waals surface area contributed by atoms with Crippen LogP contribution in [0, 0.1) is 11.6 Å². The summed E-state index contributed by atoms with van der Waals surface area (Å²) in [7, 11) is 3.26. The van der Waals surface area contributed by atoms with Crippen molar-refractivity contribution in [2.75, 3.05) is 14.2 Å². The van der Waals surface area contributed by atoms with Crippen LogP contribution < -0.4 is 10.1 Å². The molecule has 0 fully saturated rings. The number of benzene rings is 1. The molecular weight excluding hydrogens is 256 g/mol. The maximum absolute atomic E-state index is 13.8. The number of ether oxygens (including phenoxy) is 1. The van der Waals surface area contributed by atoms with Crippen LogP contribution in [-0.4, -0.2) is 14.2 Å². The summed E-state index contributed by atoms with van der Waals surface area (Å²) in [6.45, 7) is 0. The molecule has 5 heteroatoms. The Kier molecular flexibility index (Phi) is 3.93. The van der Waals surface area contributed by atoms with Gasteiger partial charge in [-0.1, -0.05) is 12.1 Å². The lowest BCUT2D eigenvalue weighted by atomic mass is 10.0. The van der Waals surface area contributed by atoms with Gasteiger partial charge in [-0.25, -0.2) is 8.78 Å². The summed E-state index contributed by atoms with van der Waals surface area (Å²) in [4.78, 5) is 0.824. The SMILES string of the molecule is CNC(c1cccc(F)c1F)c1sccc1OC. The van der Waals surface area contributed by atoms with Gasteiger partial charge >= 0.3 is 0 Å².